The Bertz CT molecular complexity index is 1150. The quantitative estimate of drug-likeness (QED) is 0.627. The third-order valence-electron chi connectivity index (χ3n) is 7.27. The molecule has 1 saturated carbocycles. The maximum atomic E-state index is 13.6. The van der Waals surface area contributed by atoms with Gasteiger partial charge in [-0.25, -0.2) is 4.98 Å². The molecule has 1 aliphatic heterocycles. The van der Waals surface area contributed by atoms with Crippen molar-refractivity contribution in [2.24, 2.45) is 11.8 Å². The summed E-state index contributed by atoms with van der Waals surface area (Å²) in [7, 11) is 1.73. The minimum Gasteiger partial charge on any atom is -0.472 e. The first kappa shape index (κ1) is 26.6. The molecular weight excluding hydrogens is 468 g/mol. The molecule has 1 fully saturated rings. The molecule has 37 heavy (non-hydrogen) atoms. The van der Waals surface area contributed by atoms with E-state index in [0.29, 0.717) is 35.7 Å². The zero-order valence-electron chi connectivity index (χ0n) is 21.9. The van der Waals surface area contributed by atoms with Gasteiger partial charge in [-0.05, 0) is 38.0 Å². The van der Waals surface area contributed by atoms with Crippen molar-refractivity contribution in [3.63, 3.8) is 0 Å². The summed E-state index contributed by atoms with van der Waals surface area (Å²) in [6.07, 6.45) is 10.3. The van der Waals surface area contributed by atoms with Gasteiger partial charge in [0.05, 0.1) is 19.2 Å². The molecule has 196 valence electrons. The predicted octanol–water partition coefficient (Wildman–Crippen LogP) is 3.40. The first-order chi connectivity index (χ1) is 17.9. The molecule has 2 aromatic rings. The van der Waals surface area contributed by atoms with E-state index in [1.54, 1.807) is 53.6 Å². The fourth-order valence-corrected chi connectivity index (χ4v) is 4.89. The maximum absolute atomic E-state index is 13.6. The van der Waals surface area contributed by atoms with E-state index in [1.165, 1.54) is 19.3 Å². The van der Waals surface area contributed by atoms with Gasteiger partial charge in [0.25, 0.3) is 11.8 Å². The Morgan fingerprint density at radius 3 is 2.70 bits per heavy atom. The van der Waals surface area contributed by atoms with E-state index >= 15 is 0 Å². The average Bonchev–Trinajstić information content (AvgIpc) is 2.94. The standard InChI is InChI=1S/C29H36N4O4/c1-20-17-33(21(2)19-34)29(36)25-15-23(10-9-22-7-5-4-6-8-22)16-31-27(25)37-26(20)18-32(3)28(35)24-11-13-30-14-12-24/h11-16,20-22,26,34H,4-8,17-19H2,1-3H3/t20-,21-,26+/m1/s1. The highest BCUT2D eigenvalue weighted by Gasteiger charge is 2.34. The lowest BCUT2D eigenvalue weighted by atomic mass is 9.90. The molecule has 1 aliphatic carbocycles. The summed E-state index contributed by atoms with van der Waals surface area (Å²) in [5, 5.41) is 9.87. The van der Waals surface area contributed by atoms with Crippen LogP contribution in [0.5, 0.6) is 5.88 Å². The second-order valence-electron chi connectivity index (χ2n) is 10.2. The average molecular weight is 505 g/mol. The van der Waals surface area contributed by atoms with E-state index in [1.807, 2.05) is 13.8 Å². The van der Waals surface area contributed by atoms with Crippen molar-refractivity contribution in [3.8, 4) is 17.7 Å². The molecular formula is C29H36N4O4. The number of hydrogen-bond donors (Lipinski definition) is 1. The molecule has 2 aliphatic rings. The van der Waals surface area contributed by atoms with Crippen LogP contribution >= 0.6 is 0 Å². The van der Waals surface area contributed by atoms with E-state index in [-0.39, 0.29) is 36.3 Å². The molecule has 3 atom stereocenters. The molecule has 0 saturated heterocycles. The van der Waals surface area contributed by atoms with E-state index in [4.69, 9.17) is 4.74 Å². The Morgan fingerprint density at radius 1 is 1.27 bits per heavy atom. The first-order valence-corrected chi connectivity index (χ1v) is 13.1. The van der Waals surface area contributed by atoms with Crippen LogP contribution in [0.1, 0.15) is 72.2 Å². The molecule has 2 amide bonds. The summed E-state index contributed by atoms with van der Waals surface area (Å²) in [5.41, 5.74) is 1.55. The number of aliphatic hydroxyl groups is 1. The minimum absolute atomic E-state index is 0.119. The Kier molecular flexibility index (Phi) is 8.78. The van der Waals surface area contributed by atoms with Crippen LogP contribution in [0.3, 0.4) is 0 Å². The number of likely N-dealkylation sites (N-methyl/N-ethyl adjacent to an activating group) is 1. The van der Waals surface area contributed by atoms with Gasteiger partial charge in [0, 0.05) is 55.1 Å². The van der Waals surface area contributed by atoms with Crippen LogP contribution in [0.25, 0.3) is 0 Å². The van der Waals surface area contributed by atoms with Gasteiger partial charge >= 0.3 is 0 Å². The van der Waals surface area contributed by atoms with Crippen molar-refractivity contribution >= 4 is 11.8 Å². The van der Waals surface area contributed by atoms with E-state index in [2.05, 4.69) is 21.8 Å². The fourth-order valence-electron chi connectivity index (χ4n) is 4.89. The number of hydrogen-bond acceptors (Lipinski definition) is 6. The van der Waals surface area contributed by atoms with Crippen molar-refractivity contribution in [2.45, 2.75) is 58.1 Å². The number of aliphatic hydroxyl groups excluding tert-OH is 1. The fraction of sp³-hybridized carbons (Fsp3) is 0.517. The third kappa shape index (κ3) is 6.47. The van der Waals surface area contributed by atoms with Gasteiger partial charge in [-0.15, -0.1) is 0 Å². The largest absolute Gasteiger partial charge is 0.472 e. The number of aromatic nitrogens is 2. The summed E-state index contributed by atoms with van der Waals surface area (Å²) in [6, 6.07) is 4.72. The van der Waals surface area contributed by atoms with Gasteiger partial charge in [0.15, 0.2) is 0 Å². The Labute approximate surface area is 219 Å². The van der Waals surface area contributed by atoms with Crippen LogP contribution in [-0.4, -0.2) is 75.6 Å². The first-order valence-electron chi connectivity index (χ1n) is 13.1. The molecule has 0 spiro atoms. The normalized spacial score (nSPS) is 21.0. The van der Waals surface area contributed by atoms with Gasteiger partial charge in [0.2, 0.25) is 5.88 Å². The summed E-state index contributed by atoms with van der Waals surface area (Å²) in [6.45, 7) is 4.33. The molecule has 3 heterocycles. The zero-order chi connectivity index (χ0) is 26.4. The van der Waals surface area contributed by atoms with Gasteiger partial charge in [-0.3, -0.25) is 14.6 Å². The number of carbonyl (C=O) groups excluding carboxylic acids is 2. The highest BCUT2D eigenvalue weighted by atomic mass is 16.5. The van der Waals surface area contributed by atoms with E-state index < -0.39 is 6.10 Å². The van der Waals surface area contributed by atoms with Crippen molar-refractivity contribution in [1.29, 1.82) is 0 Å². The van der Waals surface area contributed by atoms with Gasteiger partial charge in [-0.1, -0.05) is 38.0 Å². The number of carbonyl (C=O) groups is 2. The number of pyridine rings is 2. The Morgan fingerprint density at radius 2 is 2.00 bits per heavy atom. The van der Waals surface area contributed by atoms with Crippen molar-refractivity contribution in [1.82, 2.24) is 19.8 Å². The third-order valence-corrected chi connectivity index (χ3v) is 7.27. The summed E-state index contributed by atoms with van der Waals surface area (Å²) < 4.78 is 6.31. The summed E-state index contributed by atoms with van der Waals surface area (Å²) >= 11 is 0. The van der Waals surface area contributed by atoms with Crippen LogP contribution in [-0.2, 0) is 0 Å². The second kappa shape index (κ2) is 12.2. The van der Waals surface area contributed by atoms with Gasteiger partial charge in [-0.2, -0.15) is 0 Å². The minimum atomic E-state index is -0.414. The van der Waals surface area contributed by atoms with Crippen LogP contribution in [0.15, 0.2) is 36.8 Å². The SMILES string of the molecule is C[C@@H]1CN([C@H](C)CO)C(=O)c2cc(C#CC3CCCCC3)cnc2O[C@H]1CN(C)C(=O)c1ccncc1. The van der Waals surface area contributed by atoms with Crippen LogP contribution < -0.4 is 4.74 Å². The lowest BCUT2D eigenvalue weighted by Crippen LogP contribution is -2.50. The van der Waals surface area contributed by atoms with Crippen LogP contribution in [0.2, 0.25) is 0 Å². The molecule has 0 radical (unpaired) electrons. The topological polar surface area (TPSA) is 95.9 Å². The molecule has 8 nitrogen and oxygen atoms in total. The highest BCUT2D eigenvalue weighted by molar-refractivity contribution is 5.97. The summed E-state index contributed by atoms with van der Waals surface area (Å²) in [5.74, 6) is 6.69. The van der Waals surface area contributed by atoms with Crippen molar-refractivity contribution in [3.05, 3.63) is 53.5 Å². The van der Waals surface area contributed by atoms with E-state index in [0.717, 1.165) is 12.8 Å². The highest BCUT2D eigenvalue weighted by Crippen LogP contribution is 2.28. The maximum Gasteiger partial charge on any atom is 0.259 e. The Hall–Kier alpha value is -3.44. The number of rotatable bonds is 5. The number of nitrogens with zero attached hydrogens (tertiary/aromatic N) is 4. The molecule has 0 aromatic carbocycles. The summed E-state index contributed by atoms with van der Waals surface area (Å²) in [4.78, 5) is 38.3. The monoisotopic (exact) mass is 504 g/mol. The molecule has 0 unspecified atom stereocenters. The molecule has 0 bridgehead atoms. The second-order valence-corrected chi connectivity index (χ2v) is 10.2. The Balaban J connectivity index is 1.62. The molecule has 8 heteroatoms. The smallest absolute Gasteiger partial charge is 0.259 e. The predicted molar refractivity (Wildman–Crippen MR) is 140 cm³/mol. The van der Waals surface area contributed by atoms with Crippen LogP contribution in [0, 0.1) is 23.7 Å². The zero-order valence-corrected chi connectivity index (χ0v) is 21.9. The van der Waals surface area contributed by atoms with Gasteiger partial charge < -0.3 is 19.6 Å². The lowest BCUT2D eigenvalue weighted by molar-refractivity contribution is 0.0313. The van der Waals surface area contributed by atoms with Crippen LogP contribution in [0.4, 0.5) is 0 Å². The van der Waals surface area contributed by atoms with Crippen molar-refractivity contribution < 1.29 is 19.4 Å². The number of amides is 2. The van der Waals surface area contributed by atoms with Gasteiger partial charge in [0.1, 0.15) is 11.7 Å². The lowest BCUT2D eigenvalue weighted by Gasteiger charge is -2.37. The van der Waals surface area contributed by atoms with E-state index in [9.17, 15) is 14.7 Å². The van der Waals surface area contributed by atoms with Crippen molar-refractivity contribution in [2.75, 3.05) is 26.7 Å². The number of fused-ring (bicyclic) bond motifs is 1. The molecule has 2 aromatic heterocycles. The molecule has 4 rings (SSSR count). The molecule has 1 N–H and O–H groups in total. The number of ether oxygens (including phenoxy) is 1.